The van der Waals surface area contributed by atoms with E-state index in [0.717, 1.165) is 43.2 Å². The number of methoxy groups -OCH3 is 2. The number of hydrogen-bond acceptors (Lipinski definition) is 6. The van der Waals surface area contributed by atoms with E-state index in [2.05, 4.69) is 51.7 Å². The van der Waals surface area contributed by atoms with Crippen molar-refractivity contribution in [3.05, 3.63) is 76.5 Å². The number of anilines is 1. The lowest BCUT2D eigenvalue weighted by atomic mass is 10.0. The van der Waals surface area contributed by atoms with E-state index < -0.39 is 0 Å². The van der Waals surface area contributed by atoms with Crippen LogP contribution in [0.5, 0.6) is 11.5 Å². The highest BCUT2D eigenvalue weighted by Crippen LogP contribution is 2.30. The van der Waals surface area contributed by atoms with Gasteiger partial charge in [-0.15, -0.1) is 11.3 Å². The summed E-state index contributed by atoms with van der Waals surface area (Å²) in [4.78, 5) is 19.0. The van der Waals surface area contributed by atoms with Crippen LogP contribution < -0.4 is 19.7 Å². The maximum absolute atomic E-state index is 12.8. The minimum atomic E-state index is -0.00284. The van der Waals surface area contributed by atoms with Crippen molar-refractivity contribution in [1.82, 2.24) is 10.2 Å². The van der Waals surface area contributed by atoms with Crippen molar-refractivity contribution in [2.24, 2.45) is 0 Å². The Bertz CT molecular complexity index is 1030. The molecule has 6 nitrogen and oxygen atoms in total. The van der Waals surface area contributed by atoms with Gasteiger partial charge in [-0.05, 0) is 60.3 Å². The average Bonchev–Trinajstić information content (AvgIpc) is 3.39. The molecule has 1 aromatic heterocycles. The van der Waals surface area contributed by atoms with Gasteiger partial charge in [-0.25, -0.2) is 0 Å². The van der Waals surface area contributed by atoms with Gasteiger partial charge >= 0.3 is 0 Å². The first-order valence-corrected chi connectivity index (χ1v) is 12.5. The van der Waals surface area contributed by atoms with Gasteiger partial charge in [0.2, 0.25) is 5.91 Å². The van der Waals surface area contributed by atoms with Crippen molar-refractivity contribution < 1.29 is 14.3 Å². The molecule has 180 valence electrons. The molecule has 0 aliphatic carbocycles. The summed E-state index contributed by atoms with van der Waals surface area (Å²) in [5.41, 5.74) is 2.19. The number of nitrogens with zero attached hydrogens (tertiary/aromatic N) is 2. The Morgan fingerprint density at radius 2 is 1.56 bits per heavy atom. The third kappa shape index (κ3) is 5.90. The largest absolute Gasteiger partial charge is 0.497 e. The van der Waals surface area contributed by atoms with Crippen LogP contribution in [-0.4, -0.2) is 57.2 Å². The standard InChI is InChI=1S/C27H33N3O3S/c1-20(28-26(31)19-21-6-10-23(32-2)11-7-21)27(25-5-4-18-34-25)30-16-14-29(15-17-30)22-8-12-24(33-3)13-9-22/h4-13,18,20,27H,14-17,19H2,1-3H3,(H,28,31)/t20-,27+/m0/s1. The predicted octanol–water partition coefficient (Wildman–Crippen LogP) is 4.38. The number of piperazine rings is 1. The van der Waals surface area contributed by atoms with Gasteiger partial charge < -0.3 is 19.7 Å². The minimum Gasteiger partial charge on any atom is -0.497 e. The van der Waals surface area contributed by atoms with E-state index in [-0.39, 0.29) is 18.0 Å². The predicted molar refractivity (Wildman–Crippen MR) is 138 cm³/mol. The van der Waals surface area contributed by atoms with Crippen molar-refractivity contribution in [3.63, 3.8) is 0 Å². The van der Waals surface area contributed by atoms with Crippen LogP contribution in [0.2, 0.25) is 0 Å². The highest BCUT2D eigenvalue weighted by atomic mass is 32.1. The van der Waals surface area contributed by atoms with Gasteiger partial charge in [-0.1, -0.05) is 18.2 Å². The van der Waals surface area contributed by atoms with Crippen LogP contribution in [0, 0.1) is 0 Å². The Labute approximate surface area is 206 Å². The summed E-state index contributed by atoms with van der Waals surface area (Å²) in [6, 6.07) is 20.3. The topological polar surface area (TPSA) is 54.0 Å². The highest BCUT2D eigenvalue weighted by molar-refractivity contribution is 7.10. The molecule has 0 spiro atoms. The van der Waals surface area contributed by atoms with Crippen molar-refractivity contribution in [1.29, 1.82) is 0 Å². The van der Waals surface area contributed by atoms with E-state index in [9.17, 15) is 4.79 Å². The van der Waals surface area contributed by atoms with Gasteiger partial charge in [0, 0.05) is 42.8 Å². The number of hydrogen-bond donors (Lipinski definition) is 1. The molecule has 1 amide bonds. The summed E-state index contributed by atoms with van der Waals surface area (Å²) >= 11 is 1.76. The quantitative estimate of drug-likeness (QED) is 0.494. The van der Waals surface area contributed by atoms with Crippen LogP contribution in [-0.2, 0) is 11.2 Å². The van der Waals surface area contributed by atoms with Crippen LogP contribution in [0.15, 0.2) is 66.0 Å². The van der Waals surface area contributed by atoms with E-state index in [0.29, 0.717) is 6.42 Å². The fourth-order valence-corrected chi connectivity index (χ4v) is 5.53. The second kappa shape index (κ2) is 11.4. The van der Waals surface area contributed by atoms with Crippen LogP contribution in [0.4, 0.5) is 5.69 Å². The zero-order chi connectivity index (χ0) is 23.9. The molecule has 0 radical (unpaired) electrons. The molecule has 0 unspecified atom stereocenters. The molecular weight excluding hydrogens is 446 g/mol. The van der Waals surface area contributed by atoms with Crippen LogP contribution >= 0.6 is 11.3 Å². The van der Waals surface area contributed by atoms with Crippen LogP contribution in [0.3, 0.4) is 0 Å². The van der Waals surface area contributed by atoms with Gasteiger partial charge in [-0.3, -0.25) is 9.69 Å². The Hall–Kier alpha value is -3.03. The SMILES string of the molecule is COc1ccc(CC(=O)N[C@@H](C)[C@H](c2cccs2)N2CCN(c3ccc(OC)cc3)CC2)cc1. The van der Waals surface area contributed by atoms with E-state index in [4.69, 9.17) is 9.47 Å². The maximum Gasteiger partial charge on any atom is 0.224 e. The number of rotatable bonds is 9. The number of nitrogens with one attached hydrogen (secondary N) is 1. The van der Waals surface area contributed by atoms with Crippen molar-refractivity contribution in [2.75, 3.05) is 45.3 Å². The summed E-state index contributed by atoms with van der Waals surface area (Å²) < 4.78 is 10.5. The molecule has 1 fully saturated rings. The van der Waals surface area contributed by atoms with E-state index in [1.165, 1.54) is 10.6 Å². The second-order valence-corrected chi connectivity index (χ2v) is 9.54. The zero-order valence-electron chi connectivity index (χ0n) is 20.1. The van der Waals surface area contributed by atoms with Crippen molar-refractivity contribution in [3.8, 4) is 11.5 Å². The number of benzene rings is 2. The van der Waals surface area contributed by atoms with Crippen molar-refractivity contribution >= 4 is 22.9 Å². The molecule has 3 aromatic rings. The normalized spacial score (nSPS) is 16.0. The molecule has 0 bridgehead atoms. The Kier molecular flexibility index (Phi) is 8.08. The summed E-state index contributed by atoms with van der Waals surface area (Å²) in [6.07, 6.45) is 0.358. The zero-order valence-corrected chi connectivity index (χ0v) is 20.9. The molecule has 0 saturated carbocycles. The summed E-state index contributed by atoms with van der Waals surface area (Å²) in [5, 5.41) is 5.38. The first-order valence-electron chi connectivity index (χ1n) is 11.7. The summed E-state index contributed by atoms with van der Waals surface area (Å²) in [5.74, 6) is 1.71. The molecule has 2 atom stereocenters. The van der Waals surface area contributed by atoms with Crippen LogP contribution in [0.1, 0.15) is 23.4 Å². The highest BCUT2D eigenvalue weighted by Gasteiger charge is 2.31. The van der Waals surface area contributed by atoms with Gasteiger partial charge in [-0.2, -0.15) is 0 Å². The molecule has 1 saturated heterocycles. The smallest absolute Gasteiger partial charge is 0.224 e. The molecule has 7 heteroatoms. The van der Waals surface area contributed by atoms with Crippen molar-refractivity contribution in [2.45, 2.75) is 25.4 Å². The fraction of sp³-hybridized carbons (Fsp3) is 0.370. The molecule has 1 aliphatic heterocycles. The van der Waals surface area contributed by atoms with Gasteiger partial charge in [0.15, 0.2) is 0 Å². The lowest BCUT2D eigenvalue weighted by Crippen LogP contribution is -2.52. The van der Waals surface area contributed by atoms with E-state index >= 15 is 0 Å². The van der Waals surface area contributed by atoms with Gasteiger partial charge in [0.25, 0.3) is 0 Å². The van der Waals surface area contributed by atoms with E-state index in [1.807, 2.05) is 36.4 Å². The number of carbonyl (C=O) groups is 1. The molecular formula is C27H33N3O3S. The van der Waals surface area contributed by atoms with Crippen LogP contribution in [0.25, 0.3) is 0 Å². The third-order valence-electron chi connectivity index (χ3n) is 6.37. The van der Waals surface area contributed by atoms with E-state index in [1.54, 1.807) is 25.6 Å². The number of amides is 1. The third-order valence-corrected chi connectivity index (χ3v) is 7.31. The number of carbonyl (C=O) groups excluding carboxylic acids is 1. The molecule has 4 rings (SSSR count). The lowest BCUT2D eigenvalue weighted by Gasteiger charge is -2.42. The van der Waals surface area contributed by atoms with Gasteiger partial charge in [0.1, 0.15) is 11.5 Å². The fourth-order valence-electron chi connectivity index (χ4n) is 4.57. The summed E-state index contributed by atoms with van der Waals surface area (Å²) in [7, 11) is 3.33. The molecule has 2 aromatic carbocycles. The molecule has 34 heavy (non-hydrogen) atoms. The van der Waals surface area contributed by atoms with Gasteiger partial charge in [0.05, 0.1) is 26.7 Å². The monoisotopic (exact) mass is 479 g/mol. The molecule has 2 heterocycles. The summed E-state index contributed by atoms with van der Waals surface area (Å²) in [6.45, 7) is 5.88. The Morgan fingerprint density at radius 1 is 0.941 bits per heavy atom. The molecule has 1 N–H and O–H groups in total. The average molecular weight is 480 g/mol. The minimum absolute atomic E-state index is 0.00284. The second-order valence-electron chi connectivity index (χ2n) is 8.56. The Balaban J connectivity index is 1.39. The lowest BCUT2D eigenvalue weighted by molar-refractivity contribution is -0.121. The maximum atomic E-state index is 12.8. The number of ether oxygens (including phenoxy) is 2. The first kappa shape index (κ1) is 24.1. The Morgan fingerprint density at radius 3 is 2.12 bits per heavy atom. The first-order chi connectivity index (χ1) is 16.6. The molecule has 1 aliphatic rings. The number of thiophene rings is 1.